The third-order valence-electron chi connectivity index (χ3n) is 2.63. The van der Waals surface area contributed by atoms with E-state index < -0.39 is 22.0 Å². The van der Waals surface area contributed by atoms with E-state index in [1.54, 1.807) is 13.8 Å². The highest BCUT2D eigenvalue weighted by atomic mass is 32.2. The first kappa shape index (κ1) is 15.5. The molecule has 0 aromatic heterocycles. The highest BCUT2D eigenvalue weighted by Gasteiger charge is 2.26. The molecule has 19 heavy (non-hydrogen) atoms. The first-order chi connectivity index (χ1) is 8.77. The number of amides is 1. The average Bonchev–Trinajstić information content (AvgIpc) is 2.35. The molecule has 0 spiro atoms. The number of nitrogens with one attached hydrogen (secondary N) is 1. The quantitative estimate of drug-likeness (QED) is 0.794. The zero-order valence-electron chi connectivity index (χ0n) is 11.1. The molecule has 1 rings (SSSR count). The molecule has 0 aliphatic heterocycles. The summed E-state index contributed by atoms with van der Waals surface area (Å²) in [5.74, 6) is -0.383. The van der Waals surface area contributed by atoms with E-state index in [1.165, 1.54) is 31.4 Å². The topological polar surface area (TPSA) is 98.5 Å². The predicted molar refractivity (Wildman–Crippen MR) is 71.1 cm³/mol. The Balaban J connectivity index is 2.99. The van der Waals surface area contributed by atoms with Gasteiger partial charge in [0.25, 0.3) is 0 Å². The normalized spacial score (nSPS) is 13.3. The number of carbonyl (C=O) groups is 1. The van der Waals surface area contributed by atoms with Gasteiger partial charge in [-0.3, -0.25) is 4.79 Å². The molecule has 6 nitrogen and oxygen atoms in total. The molecule has 1 aromatic carbocycles. The predicted octanol–water partition coefficient (Wildman–Crippen LogP) is 0.483. The monoisotopic (exact) mass is 286 g/mol. The average molecular weight is 286 g/mol. The maximum atomic E-state index is 12.1. The Kier molecular flexibility index (Phi) is 4.90. The van der Waals surface area contributed by atoms with Crippen LogP contribution in [-0.4, -0.2) is 27.5 Å². The molecule has 0 saturated carbocycles. The lowest BCUT2D eigenvalue weighted by atomic mass is 10.1. The molecule has 1 amide bonds. The van der Waals surface area contributed by atoms with Gasteiger partial charge in [-0.15, -0.1) is 0 Å². The van der Waals surface area contributed by atoms with E-state index in [4.69, 9.17) is 10.5 Å². The summed E-state index contributed by atoms with van der Waals surface area (Å²) in [5, 5.41) is 0. The molecule has 0 unspecified atom stereocenters. The van der Waals surface area contributed by atoms with E-state index in [-0.39, 0.29) is 10.8 Å². The van der Waals surface area contributed by atoms with Gasteiger partial charge in [-0.2, -0.15) is 4.72 Å². The number of hydrogen-bond acceptors (Lipinski definition) is 4. The molecule has 1 atom stereocenters. The van der Waals surface area contributed by atoms with Gasteiger partial charge in [0.05, 0.1) is 12.0 Å². The van der Waals surface area contributed by atoms with Crippen LogP contribution in [0.15, 0.2) is 29.2 Å². The number of methoxy groups -OCH3 is 1. The van der Waals surface area contributed by atoms with Crippen LogP contribution in [-0.2, 0) is 14.8 Å². The maximum absolute atomic E-state index is 12.1. The van der Waals surface area contributed by atoms with Crippen molar-refractivity contribution in [2.75, 3.05) is 7.11 Å². The summed E-state index contributed by atoms with van der Waals surface area (Å²) >= 11 is 0. The minimum atomic E-state index is -3.78. The third-order valence-corrected chi connectivity index (χ3v) is 4.08. The smallest absolute Gasteiger partial charge is 0.241 e. The molecule has 0 fully saturated rings. The Morgan fingerprint density at radius 3 is 2.16 bits per heavy atom. The van der Waals surface area contributed by atoms with Gasteiger partial charge in [0.15, 0.2) is 0 Å². The van der Waals surface area contributed by atoms with Crippen LogP contribution < -0.4 is 15.2 Å². The molecule has 0 heterocycles. The summed E-state index contributed by atoms with van der Waals surface area (Å²) in [4.78, 5) is 11.3. The second-order valence-corrected chi connectivity index (χ2v) is 6.13. The summed E-state index contributed by atoms with van der Waals surface area (Å²) in [5.41, 5.74) is 5.18. The van der Waals surface area contributed by atoms with Gasteiger partial charge < -0.3 is 10.5 Å². The number of hydrogen-bond donors (Lipinski definition) is 2. The van der Waals surface area contributed by atoms with E-state index in [0.717, 1.165) is 0 Å². The van der Waals surface area contributed by atoms with Crippen LogP contribution in [0.3, 0.4) is 0 Å². The fourth-order valence-corrected chi connectivity index (χ4v) is 2.87. The summed E-state index contributed by atoms with van der Waals surface area (Å²) < 4.78 is 31.4. The van der Waals surface area contributed by atoms with E-state index in [2.05, 4.69) is 4.72 Å². The minimum Gasteiger partial charge on any atom is -0.497 e. The lowest BCUT2D eigenvalue weighted by Gasteiger charge is -2.18. The van der Waals surface area contributed by atoms with Crippen molar-refractivity contribution in [3.8, 4) is 5.75 Å². The fraction of sp³-hybridized carbons (Fsp3) is 0.417. The van der Waals surface area contributed by atoms with Crippen LogP contribution in [0.2, 0.25) is 0 Å². The molecular weight excluding hydrogens is 268 g/mol. The van der Waals surface area contributed by atoms with E-state index in [9.17, 15) is 13.2 Å². The van der Waals surface area contributed by atoms with Crippen molar-refractivity contribution in [1.82, 2.24) is 4.72 Å². The van der Waals surface area contributed by atoms with Crippen LogP contribution in [0.4, 0.5) is 0 Å². The second kappa shape index (κ2) is 6.03. The molecule has 0 saturated heterocycles. The van der Waals surface area contributed by atoms with Gasteiger partial charge in [0.1, 0.15) is 11.8 Å². The zero-order chi connectivity index (χ0) is 14.6. The Bertz CT molecular complexity index is 537. The van der Waals surface area contributed by atoms with Gasteiger partial charge in [-0.1, -0.05) is 13.8 Å². The number of nitrogens with two attached hydrogens (primary N) is 1. The van der Waals surface area contributed by atoms with Crippen molar-refractivity contribution >= 4 is 15.9 Å². The Labute approximate surface area is 113 Å². The first-order valence-corrected chi connectivity index (χ1v) is 7.22. The number of primary amides is 1. The van der Waals surface area contributed by atoms with Crippen molar-refractivity contribution in [3.05, 3.63) is 24.3 Å². The molecule has 0 bridgehead atoms. The largest absolute Gasteiger partial charge is 0.497 e. The molecule has 3 N–H and O–H groups in total. The number of carbonyl (C=O) groups excluding carboxylic acids is 1. The molecule has 1 aromatic rings. The summed E-state index contributed by atoms with van der Waals surface area (Å²) in [6.07, 6.45) is 0. The van der Waals surface area contributed by atoms with E-state index in [1.807, 2.05) is 0 Å². The highest BCUT2D eigenvalue weighted by Crippen LogP contribution is 2.16. The van der Waals surface area contributed by atoms with Crippen molar-refractivity contribution in [3.63, 3.8) is 0 Å². The molecule has 106 valence electrons. The second-order valence-electron chi connectivity index (χ2n) is 4.42. The number of ether oxygens (including phenoxy) is 1. The standard InChI is InChI=1S/C12H18N2O4S/c1-8(2)11(12(13)15)14-19(16,17)10-6-4-9(18-3)5-7-10/h4-8,11,14H,1-3H3,(H2,13,15)/t11-/m0/s1. The fourth-order valence-electron chi connectivity index (χ4n) is 1.51. The highest BCUT2D eigenvalue weighted by molar-refractivity contribution is 7.89. The molecule has 7 heteroatoms. The van der Waals surface area contributed by atoms with Crippen molar-refractivity contribution in [2.24, 2.45) is 11.7 Å². The van der Waals surface area contributed by atoms with Crippen LogP contribution in [0.1, 0.15) is 13.8 Å². The lowest BCUT2D eigenvalue weighted by molar-refractivity contribution is -0.120. The zero-order valence-corrected chi connectivity index (χ0v) is 11.9. The molecule has 0 aliphatic rings. The van der Waals surface area contributed by atoms with Crippen molar-refractivity contribution in [2.45, 2.75) is 24.8 Å². The van der Waals surface area contributed by atoms with Crippen LogP contribution in [0.25, 0.3) is 0 Å². The van der Waals surface area contributed by atoms with Gasteiger partial charge in [-0.05, 0) is 30.2 Å². The summed E-state index contributed by atoms with van der Waals surface area (Å²) in [7, 11) is -2.29. The van der Waals surface area contributed by atoms with Crippen molar-refractivity contribution in [1.29, 1.82) is 0 Å². The first-order valence-electron chi connectivity index (χ1n) is 5.73. The van der Waals surface area contributed by atoms with E-state index >= 15 is 0 Å². The van der Waals surface area contributed by atoms with Crippen LogP contribution in [0, 0.1) is 5.92 Å². The van der Waals surface area contributed by atoms with Crippen LogP contribution >= 0.6 is 0 Å². The summed E-state index contributed by atoms with van der Waals surface area (Å²) in [6, 6.07) is 4.93. The molecule has 0 radical (unpaired) electrons. The Hall–Kier alpha value is -1.60. The van der Waals surface area contributed by atoms with Gasteiger partial charge in [0, 0.05) is 0 Å². The lowest BCUT2D eigenvalue weighted by Crippen LogP contribution is -2.47. The van der Waals surface area contributed by atoms with Gasteiger partial charge in [-0.25, -0.2) is 8.42 Å². The number of benzene rings is 1. The minimum absolute atomic E-state index is 0.0557. The summed E-state index contributed by atoms with van der Waals surface area (Å²) in [6.45, 7) is 3.43. The Morgan fingerprint density at radius 1 is 1.26 bits per heavy atom. The van der Waals surface area contributed by atoms with Gasteiger partial charge in [0.2, 0.25) is 15.9 Å². The Morgan fingerprint density at radius 2 is 1.79 bits per heavy atom. The van der Waals surface area contributed by atoms with Gasteiger partial charge >= 0.3 is 0 Å². The van der Waals surface area contributed by atoms with E-state index in [0.29, 0.717) is 5.75 Å². The molecular formula is C12H18N2O4S. The van der Waals surface area contributed by atoms with Crippen molar-refractivity contribution < 1.29 is 17.9 Å². The SMILES string of the molecule is COc1ccc(S(=O)(=O)N[C@H](C(N)=O)C(C)C)cc1. The molecule has 0 aliphatic carbocycles. The number of rotatable bonds is 6. The third kappa shape index (κ3) is 3.93. The number of sulfonamides is 1. The maximum Gasteiger partial charge on any atom is 0.241 e. The van der Waals surface area contributed by atoms with Crippen LogP contribution in [0.5, 0.6) is 5.75 Å².